The molecule has 0 unspecified atom stereocenters. The molecule has 1 aromatic heterocycles. The molecule has 0 aliphatic carbocycles. The van der Waals surface area contributed by atoms with Gasteiger partial charge in [-0.3, -0.25) is 0 Å². The van der Waals surface area contributed by atoms with Crippen molar-refractivity contribution >= 4 is 11.9 Å². The lowest BCUT2D eigenvalue weighted by Gasteiger charge is -2.22. The van der Waals surface area contributed by atoms with Crippen molar-refractivity contribution in [3.63, 3.8) is 0 Å². The molecule has 0 radical (unpaired) electrons. The number of rotatable bonds is 1. The number of fused-ring (bicyclic) bond motifs is 1. The van der Waals surface area contributed by atoms with Crippen molar-refractivity contribution in [2.45, 2.75) is 13.5 Å². The van der Waals surface area contributed by atoms with Crippen LogP contribution in [0.25, 0.3) is 6.08 Å². The molecule has 0 atom stereocenters. The molecule has 68 valence electrons. The first-order valence-electron chi connectivity index (χ1n) is 4.47. The molecule has 13 heavy (non-hydrogen) atoms. The van der Waals surface area contributed by atoms with Gasteiger partial charge in [-0.05, 0) is 30.7 Å². The number of nitrogens with two attached hydrogens (primary N) is 1. The first-order chi connectivity index (χ1) is 6.29. The van der Waals surface area contributed by atoms with E-state index in [1.165, 1.54) is 5.56 Å². The molecule has 1 aromatic rings. The molecule has 0 saturated heterocycles. The van der Waals surface area contributed by atoms with Gasteiger partial charge in [0.25, 0.3) is 0 Å². The summed E-state index contributed by atoms with van der Waals surface area (Å²) in [6.07, 6.45) is 4.18. The number of pyridine rings is 1. The lowest BCUT2D eigenvalue weighted by molar-refractivity contribution is 0.382. The average Bonchev–Trinajstić information content (AvgIpc) is 2.16. The Bertz CT molecular complexity index is 344. The Kier molecular flexibility index (Phi) is 1.93. The predicted octanol–water partition coefficient (Wildman–Crippen LogP) is 1.47. The Morgan fingerprint density at radius 3 is 3.15 bits per heavy atom. The van der Waals surface area contributed by atoms with Crippen LogP contribution in [-0.2, 0) is 6.54 Å². The van der Waals surface area contributed by atoms with E-state index >= 15 is 0 Å². The molecule has 2 rings (SSSR count). The minimum absolute atomic E-state index is 0.602. The third-order valence-electron chi connectivity index (χ3n) is 2.25. The second kappa shape index (κ2) is 3.09. The molecule has 3 heteroatoms. The van der Waals surface area contributed by atoms with Gasteiger partial charge in [0.05, 0.1) is 12.2 Å². The summed E-state index contributed by atoms with van der Waals surface area (Å²) in [5, 5.41) is 0. The van der Waals surface area contributed by atoms with E-state index in [1.807, 2.05) is 12.1 Å². The van der Waals surface area contributed by atoms with Crippen molar-refractivity contribution in [3.05, 3.63) is 29.6 Å². The SMILES string of the molecule is CCN1C=Cc2ccc(N)nc2C1. The van der Waals surface area contributed by atoms with Gasteiger partial charge < -0.3 is 10.6 Å². The van der Waals surface area contributed by atoms with E-state index in [1.54, 1.807) is 0 Å². The smallest absolute Gasteiger partial charge is 0.123 e. The second-order valence-corrected chi connectivity index (χ2v) is 3.15. The van der Waals surface area contributed by atoms with Gasteiger partial charge in [-0.15, -0.1) is 0 Å². The summed E-state index contributed by atoms with van der Waals surface area (Å²) in [7, 11) is 0. The topological polar surface area (TPSA) is 42.1 Å². The summed E-state index contributed by atoms with van der Waals surface area (Å²) in [6.45, 7) is 4.00. The maximum Gasteiger partial charge on any atom is 0.123 e. The first kappa shape index (κ1) is 8.10. The highest BCUT2D eigenvalue weighted by Crippen LogP contribution is 2.18. The Morgan fingerprint density at radius 1 is 1.54 bits per heavy atom. The van der Waals surface area contributed by atoms with Crippen LogP contribution in [0.3, 0.4) is 0 Å². The van der Waals surface area contributed by atoms with E-state index in [2.05, 4.69) is 29.1 Å². The monoisotopic (exact) mass is 175 g/mol. The van der Waals surface area contributed by atoms with Gasteiger partial charge in [-0.25, -0.2) is 4.98 Å². The first-order valence-corrected chi connectivity index (χ1v) is 4.47. The zero-order chi connectivity index (χ0) is 9.26. The quantitative estimate of drug-likeness (QED) is 0.702. The molecule has 1 aliphatic rings. The van der Waals surface area contributed by atoms with Gasteiger partial charge in [-0.2, -0.15) is 0 Å². The Morgan fingerprint density at radius 2 is 2.38 bits per heavy atom. The fourth-order valence-corrected chi connectivity index (χ4v) is 1.46. The largest absolute Gasteiger partial charge is 0.384 e. The van der Waals surface area contributed by atoms with Gasteiger partial charge in [0.2, 0.25) is 0 Å². The average molecular weight is 175 g/mol. The van der Waals surface area contributed by atoms with Crippen LogP contribution < -0.4 is 5.73 Å². The summed E-state index contributed by atoms with van der Waals surface area (Å²) >= 11 is 0. The van der Waals surface area contributed by atoms with Crippen molar-refractivity contribution < 1.29 is 0 Å². The minimum Gasteiger partial charge on any atom is -0.384 e. The normalized spacial score (nSPS) is 14.4. The summed E-state index contributed by atoms with van der Waals surface area (Å²) in [4.78, 5) is 6.50. The van der Waals surface area contributed by atoms with Crippen LogP contribution in [0.15, 0.2) is 18.3 Å². The van der Waals surface area contributed by atoms with E-state index in [-0.39, 0.29) is 0 Å². The summed E-state index contributed by atoms with van der Waals surface area (Å²) in [5.41, 5.74) is 7.87. The maximum atomic E-state index is 5.62. The van der Waals surface area contributed by atoms with Crippen LogP contribution >= 0.6 is 0 Å². The van der Waals surface area contributed by atoms with Crippen LogP contribution in [0.5, 0.6) is 0 Å². The predicted molar refractivity (Wildman–Crippen MR) is 53.8 cm³/mol. The van der Waals surface area contributed by atoms with Crippen molar-refractivity contribution in [2.75, 3.05) is 12.3 Å². The lowest BCUT2D eigenvalue weighted by Crippen LogP contribution is -2.20. The molecule has 0 amide bonds. The van der Waals surface area contributed by atoms with E-state index in [0.29, 0.717) is 5.82 Å². The van der Waals surface area contributed by atoms with Crippen LogP contribution in [0.2, 0.25) is 0 Å². The van der Waals surface area contributed by atoms with Crippen molar-refractivity contribution in [2.24, 2.45) is 0 Å². The standard InChI is InChI=1S/C10H13N3/c1-2-13-6-5-8-3-4-10(11)12-9(8)7-13/h3-6H,2,7H2,1H3,(H2,11,12). The molecule has 0 bridgehead atoms. The molecule has 1 aliphatic heterocycles. The molecule has 2 heterocycles. The molecular formula is C10H13N3. The molecule has 3 nitrogen and oxygen atoms in total. The van der Waals surface area contributed by atoms with Crippen molar-refractivity contribution in [3.8, 4) is 0 Å². The maximum absolute atomic E-state index is 5.62. The molecule has 0 fully saturated rings. The highest BCUT2D eigenvalue weighted by Gasteiger charge is 2.09. The molecule has 0 spiro atoms. The zero-order valence-corrected chi connectivity index (χ0v) is 7.70. The zero-order valence-electron chi connectivity index (χ0n) is 7.70. The molecule has 0 aromatic carbocycles. The number of nitrogen functional groups attached to an aromatic ring is 1. The second-order valence-electron chi connectivity index (χ2n) is 3.15. The van der Waals surface area contributed by atoms with E-state index in [0.717, 1.165) is 18.8 Å². The highest BCUT2D eigenvalue weighted by atomic mass is 15.1. The fraction of sp³-hybridized carbons (Fsp3) is 0.300. The Hall–Kier alpha value is -1.51. The third-order valence-corrected chi connectivity index (χ3v) is 2.25. The van der Waals surface area contributed by atoms with Crippen LogP contribution in [-0.4, -0.2) is 16.4 Å². The fourth-order valence-electron chi connectivity index (χ4n) is 1.46. The van der Waals surface area contributed by atoms with Gasteiger partial charge in [0.1, 0.15) is 5.82 Å². The Labute approximate surface area is 77.9 Å². The highest BCUT2D eigenvalue weighted by molar-refractivity contribution is 5.55. The van der Waals surface area contributed by atoms with Gasteiger partial charge in [-0.1, -0.05) is 0 Å². The van der Waals surface area contributed by atoms with Crippen molar-refractivity contribution in [1.29, 1.82) is 0 Å². The number of hydrogen-bond acceptors (Lipinski definition) is 3. The third kappa shape index (κ3) is 1.49. The van der Waals surface area contributed by atoms with Gasteiger partial charge in [0, 0.05) is 12.7 Å². The van der Waals surface area contributed by atoms with E-state index in [9.17, 15) is 0 Å². The summed E-state index contributed by atoms with van der Waals surface area (Å²) < 4.78 is 0. The number of aromatic nitrogens is 1. The lowest BCUT2D eigenvalue weighted by atomic mass is 10.1. The van der Waals surface area contributed by atoms with Gasteiger partial charge >= 0.3 is 0 Å². The van der Waals surface area contributed by atoms with Crippen LogP contribution in [0, 0.1) is 0 Å². The van der Waals surface area contributed by atoms with Crippen molar-refractivity contribution in [1.82, 2.24) is 9.88 Å². The van der Waals surface area contributed by atoms with Crippen LogP contribution in [0.4, 0.5) is 5.82 Å². The summed E-state index contributed by atoms with van der Waals surface area (Å²) in [5.74, 6) is 0.602. The number of hydrogen-bond donors (Lipinski definition) is 1. The summed E-state index contributed by atoms with van der Waals surface area (Å²) in [6, 6.07) is 3.85. The van der Waals surface area contributed by atoms with E-state index in [4.69, 9.17) is 5.73 Å². The Balaban J connectivity index is 2.36. The van der Waals surface area contributed by atoms with E-state index < -0.39 is 0 Å². The molecular weight excluding hydrogens is 162 g/mol. The minimum atomic E-state index is 0.602. The van der Waals surface area contributed by atoms with Gasteiger partial charge in [0.15, 0.2) is 0 Å². The molecule has 0 saturated carbocycles. The number of anilines is 1. The number of nitrogens with zero attached hydrogens (tertiary/aromatic N) is 2. The van der Waals surface area contributed by atoms with Crippen LogP contribution in [0.1, 0.15) is 18.2 Å². The molecule has 2 N–H and O–H groups in total.